The van der Waals surface area contributed by atoms with Gasteiger partial charge in [0.1, 0.15) is 5.69 Å². The van der Waals surface area contributed by atoms with Gasteiger partial charge in [0, 0.05) is 40.0 Å². The van der Waals surface area contributed by atoms with Crippen molar-refractivity contribution in [3.8, 4) is 22.6 Å². The van der Waals surface area contributed by atoms with Crippen molar-refractivity contribution in [3.63, 3.8) is 0 Å². The third-order valence-electron chi connectivity index (χ3n) is 6.12. The van der Waals surface area contributed by atoms with Crippen molar-refractivity contribution in [1.29, 1.82) is 0 Å². The molecular weight excluding hydrogens is 446 g/mol. The summed E-state index contributed by atoms with van der Waals surface area (Å²) in [6.45, 7) is 6.18. The molecule has 1 N–H and O–H groups in total. The Morgan fingerprint density at radius 3 is 2.14 bits per heavy atom. The number of carbonyl (C=O) groups is 1. The van der Waals surface area contributed by atoms with Crippen LogP contribution in [0.3, 0.4) is 0 Å². The van der Waals surface area contributed by atoms with Gasteiger partial charge in [-0.15, -0.1) is 0 Å². The van der Waals surface area contributed by atoms with Gasteiger partial charge in [-0.1, -0.05) is 48.0 Å². The lowest BCUT2D eigenvalue weighted by Gasteiger charge is -2.10. The molecule has 0 atom stereocenters. The van der Waals surface area contributed by atoms with Crippen molar-refractivity contribution >= 4 is 12.1 Å². The van der Waals surface area contributed by atoms with Gasteiger partial charge in [0.15, 0.2) is 0 Å². The van der Waals surface area contributed by atoms with Crippen LogP contribution in [0.1, 0.15) is 32.9 Å². The Morgan fingerprint density at radius 1 is 0.806 bits per heavy atom. The molecule has 2 aromatic heterocycles. The van der Waals surface area contributed by atoms with Crippen LogP contribution in [0, 0.1) is 20.8 Å². The second-order valence-corrected chi connectivity index (χ2v) is 8.78. The molecule has 0 aliphatic heterocycles. The summed E-state index contributed by atoms with van der Waals surface area (Å²) in [5, 5.41) is 9.04. The third kappa shape index (κ3) is 4.74. The van der Waals surface area contributed by atoms with Gasteiger partial charge in [-0.3, -0.25) is 4.79 Å². The summed E-state index contributed by atoms with van der Waals surface area (Å²) in [5.41, 5.74) is 11.2. The lowest BCUT2D eigenvalue weighted by Crippen LogP contribution is -2.17. The average molecular weight is 474 g/mol. The van der Waals surface area contributed by atoms with Gasteiger partial charge in [0.2, 0.25) is 0 Å². The zero-order valence-corrected chi connectivity index (χ0v) is 20.5. The summed E-state index contributed by atoms with van der Waals surface area (Å²) in [6.07, 6.45) is 3.55. The van der Waals surface area contributed by atoms with Gasteiger partial charge < -0.3 is 4.57 Å². The third-order valence-corrected chi connectivity index (χ3v) is 6.12. The minimum absolute atomic E-state index is 0.272. The van der Waals surface area contributed by atoms with Crippen LogP contribution in [0.2, 0.25) is 0 Å². The SMILES string of the molecule is Cc1ccc(-c2nn(-c3ccccc3)cc2/C=N/NC(=O)c2ccc(-n3c(C)ccc3C)cc2)cc1. The highest BCUT2D eigenvalue weighted by atomic mass is 16.2. The number of hydrogen-bond donors (Lipinski definition) is 1. The highest BCUT2D eigenvalue weighted by molar-refractivity contribution is 5.95. The van der Waals surface area contributed by atoms with Gasteiger partial charge in [-0.25, -0.2) is 10.1 Å². The van der Waals surface area contributed by atoms with Crippen LogP contribution in [-0.2, 0) is 0 Å². The minimum Gasteiger partial charge on any atom is -0.319 e. The predicted octanol–water partition coefficient (Wildman–Crippen LogP) is 6.02. The molecule has 0 saturated heterocycles. The number of nitrogens with one attached hydrogen (secondary N) is 1. The zero-order valence-electron chi connectivity index (χ0n) is 20.5. The highest BCUT2D eigenvalue weighted by Crippen LogP contribution is 2.23. The van der Waals surface area contributed by atoms with Crippen LogP contribution in [0.4, 0.5) is 0 Å². The standard InChI is InChI=1S/C30H27N5O/c1-21-9-13-24(14-10-21)29-26(20-34(33-29)27-7-5-4-6-8-27)19-31-32-30(36)25-15-17-28(18-16-25)35-22(2)11-12-23(35)3/h4-20H,1-3H3,(H,32,36)/b31-19+. The first kappa shape index (κ1) is 23.1. The van der Waals surface area contributed by atoms with Crippen LogP contribution >= 0.6 is 0 Å². The minimum atomic E-state index is -0.272. The van der Waals surface area contributed by atoms with Crippen molar-refractivity contribution in [2.75, 3.05) is 0 Å². The van der Waals surface area contributed by atoms with E-state index in [1.807, 2.05) is 77.6 Å². The number of aromatic nitrogens is 3. The molecule has 2 heterocycles. The Bertz CT molecular complexity index is 1510. The summed E-state index contributed by atoms with van der Waals surface area (Å²) in [6, 6.07) is 29.8. The summed E-state index contributed by atoms with van der Waals surface area (Å²) in [5.74, 6) is -0.272. The molecule has 0 aliphatic carbocycles. The Morgan fingerprint density at radius 2 is 1.47 bits per heavy atom. The fourth-order valence-electron chi connectivity index (χ4n) is 4.19. The predicted molar refractivity (Wildman–Crippen MR) is 144 cm³/mol. The maximum atomic E-state index is 12.7. The summed E-state index contributed by atoms with van der Waals surface area (Å²) >= 11 is 0. The van der Waals surface area contributed by atoms with E-state index in [-0.39, 0.29) is 5.91 Å². The van der Waals surface area contributed by atoms with E-state index in [1.165, 1.54) is 5.56 Å². The average Bonchev–Trinajstić information content (AvgIpc) is 3.48. The van der Waals surface area contributed by atoms with Crippen molar-refractivity contribution in [1.82, 2.24) is 19.8 Å². The number of hydrazone groups is 1. The van der Waals surface area contributed by atoms with E-state index in [2.05, 4.69) is 60.1 Å². The molecule has 0 aliphatic rings. The van der Waals surface area contributed by atoms with E-state index < -0.39 is 0 Å². The van der Waals surface area contributed by atoms with E-state index in [0.717, 1.165) is 39.6 Å². The molecule has 0 bridgehead atoms. The van der Waals surface area contributed by atoms with E-state index in [0.29, 0.717) is 5.56 Å². The first-order chi connectivity index (χ1) is 17.5. The molecule has 0 saturated carbocycles. The van der Waals surface area contributed by atoms with Crippen LogP contribution in [0.25, 0.3) is 22.6 Å². The number of rotatable bonds is 6. The van der Waals surface area contributed by atoms with Gasteiger partial charge in [0.05, 0.1) is 11.9 Å². The molecule has 5 aromatic rings. The quantitative estimate of drug-likeness (QED) is 0.242. The largest absolute Gasteiger partial charge is 0.319 e. The summed E-state index contributed by atoms with van der Waals surface area (Å²) in [7, 11) is 0. The summed E-state index contributed by atoms with van der Waals surface area (Å²) < 4.78 is 3.97. The van der Waals surface area contributed by atoms with Gasteiger partial charge in [0.25, 0.3) is 5.91 Å². The van der Waals surface area contributed by atoms with E-state index in [1.54, 1.807) is 6.21 Å². The molecule has 5 rings (SSSR count). The monoisotopic (exact) mass is 473 g/mol. The first-order valence-corrected chi connectivity index (χ1v) is 11.8. The Kier molecular flexibility index (Phi) is 6.33. The molecule has 6 heteroatoms. The number of amides is 1. The number of benzene rings is 3. The Balaban J connectivity index is 1.37. The Labute approximate surface area is 210 Å². The number of carbonyl (C=O) groups excluding carboxylic acids is 1. The second kappa shape index (κ2) is 9.88. The van der Waals surface area contributed by atoms with Crippen molar-refractivity contribution in [2.24, 2.45) is 5.10 Å². The van der Waals surface area contributed by atoms with Gasteiger partial charge in [-0.05, 0) is 69.3 Å². The first-order valence-electron chi connectivity index (χ1n) is 11.8. The molecule has 0 radical (unpaired) electrons. The van der Waals surface area contributed by atoms with Crippen LogP contribution in [0.5, 0.6) is 0 Å². The number of hydrogen-bond acceptors (Lipinski definition) is 3. The maximum absolute atomic E-state index is 12.7. The number of para-hydroxylation sites is 1. The molecule has 0 unspecified atom stereocenters. The Hall–Kier alpha value is -4.71. The lowest BCUT2D eigenvalue weighted by molar-refractivity contribution is 0.0955. The van der Waals surface area contributed by atoms with Crippen LogP contribution in [-0.4, -0.2) is 26.5 Å². The topological polar surface area (TPSA) is 64.2 Å². The van der Waals surface area contributed by atoms with Crippen LogP contribution < -0.4 is 5.43 Å². The molecule has 3 aromatic carbocycles. The summed E-state index contributed by atoms with van der Waals surface area (Å²) in [4.78, 5) is 12.7. The lowest BCUT2D eigenvalue weighted by atomic mass is 10.1. The molecule has 6 nitrogen and oxygen atoms in total. The smallest absolute Gasteiger partial charge is 0.271 e. The van der Waals surface area contributed by atoms with Crippen molar-refractivity contribution < 1.29 is 4.79 Å². The highest BCUT2D eigenvalue weighted by Gasteiger charge is 2.12. The van der Waals surface area contributed by atoms with Crippen molar-refractivity contribution in [2.45, 2.75) is 20.8 Å². The van der Waals surface area contributed by atoms with E-state index in [4.69, 9.17) is 5.10 Å². The molecule has 178 valence electrons. The van der Waals surface area contributed by atoms with Gasteiger partial charge >= 0.3 is 0 Å². The fraction of sp³-hybridized carbons (Fsp3) is 0.100. The van der Waals surface area contributed by atoms with E-state index in [9.17, 15) is 4.79 Å². The number of aryl methyl sites for hydroxylation is 3. The van der Waals surface area contributed by atoms with Crippen molar-refractivity contribution in [3.05, 3.63) is 125 Å². The molecule has 36 heavy (non-hydrogen) atoms. The van der Waals surface area contributed by atoms with Gasteiger partial charge in [-0.2, -0.15) is 10.2 Å². The fourth-order valence-corrected chi connectivity index (χ4v) is 4.19. The van der Waals surface area contributed by atoms with Crippen LogP contribution in [0.15, 0.2) is 102 Å². The number of nitrogens with zero attached hydrogens (tertiary/aromatic N) is 4. The normalized spacial score (nSPS) is 11.2. The molecule has 0 spiro atoms. The zero-order chi connectivity index (χ0) is 25.1. The maximum Gasteiger partial charge on any atom is 0.271 e. The molecule has 0 fully saturated rings. The van der Waals surface area contributed by atoms with E-state index >= 15 is 0 Å². The second-order valence-electron chi connectivity index (χ2n) is 8.78. The molecular formula is C30H27N5O. The molecule has 1 amide bonds.